The SMILES string of the molecule is C=C(C)C(=C)OCCOc1ccc(N(c2ccc(C)c(C)c2)c2ccc3c(c2)C(C)(C)c2cc(N(c4ccc(OCCOC(=C)C(=C)C)cc4)c4ccc(C)c(C)c4)ccc2-3)cc1. The van der Waals surface area contributed by atoms with Crippen LogP contribution >= 0.6 is 0 Å². The average molecular weight is 837 g/mol. The number of allylic oxidation sites excluding steroid dienone is 2. The van der Waals surface area contributed by atoms with Crippen molar-refractivity contribution in [3.63, 3.8) is 0 Å². The van der Waals surface area contributed by atoms with E-state index in [0.717, 1.165) is 56.8 Å². The highest BCUT2D eigenvalue weighted by molar-refractivity contribution is 5.88. The summed E-state index contributed by atoms with van der Waals surface area (Å²) < 4.78 is 23.4. The number of hydrogen-bond acceptors (Lipinski definition) is 6. The summed E-state index contributed by atoms with van der Waals surface area (Å²) in [5.41, 5.74) is 17.8. The molecule has 0 atom stereocenters. The van der Waals surface area contributed by atoms with Crippen LogP contribution in [0.3, 0.4) is 0 Å². The van der Waals surface area contributed by atoms with E-state index in [4.69, 9.17) is 18.9 Å². The van der Waals surface area contributed by atoms with Crippen LogP contribution in [0.4, 0.5) is 34.1 Å². The highest BCUT2D eigenvalue weighted by atomic mass is 16.5. The maximum absolute atomic E-state index is 6.04. The van der Waals surface area contributed by atoms with E-state index in [0.29, 0.717) is 37.9 Å². The molecule has 6 aromatic carbocycles. The van der Waals surface area contributed by atoms with Gasteiger partial charge in [-0.25, -0.2) is 0 Å². The average Bonchev–Trinajstić information content (AvgIpc) is 3.49. The van der Waals surface area contributed by atoms with Gasteiger partial charge in [-0.15, -0.1) is 0 Å². The second kappa shape index (κ2) is 18.6. The molecule has 0 spiro atoms. The normalized spacial score (nSPS) is 12.1. The van der Waals surface area contributed by atoms with E-state index in [2.05, 4.69) is 175 Å². The maximum atomic E-state index is 6.04. The highest BCUT2D eigenvalue weighted by Crippen LogP contribution is 2.52. The second-order valence-corrected chi connectivity index (χ2v) is 17.1. The summed E-state index contributed by atoms with van der Waals surface area (Å²) in [4.78, 5) is 4.67. The third kappa shape index (κ3) is 9.61. The number of nitrogens with zero attached hydrogens (tertiary/aromatic N) is 2. The van der Waals surface area contributed by atoms with Gasteiger partial charge < -0.3 is 28.7 Å². The van der Waals surface area contributed by atoms with Crippen molar-refractivity contribution in [1.82, 2.24) is 0 Å². The first-order valence-corrected chi connectivity index (χ1v) is 21.6. The van der Waals surface area contributed by atoms with Gasteiger partial charge in [-0.1, -0.05) is 64.4 Å². The number of benzene rings is 6. The summed E-state index contributed by atoms with van der Waals surface area (Å²) in [5, 5.41) is 0. The minimum Gasteiger partial charge on any atom is -0.490 e. The lowest BCUT2D eigenvalue weighted by atomic mass is 9.82. The first-order valence-electron chi connectivity index (χ1n) is 21.6. The third-order valence-electron chi connectivity index (χ3n) is 12.1. The number of anilines is 6. The van der Waals surface area contributed by atoms with Crippen molar-refractivity contribution < 1.29 is 18.9 Å². The Balaban J connectivity index is 1.20. The molecule has 0 N–H and O–H groups in total. The van der Waals surface area contributed by atoms with E-state index in [1.54, 1.807) is 0 Å². The molecule has 0 saturated carbocycles. The van der Waals surface area contributed by atoms with E-state index in [1.807, 2.05) is 38.1 Å². The molecular formula is C57H60N2O4. The Labute approximate surface area is 375 Å². The molecule has 63 heavy (non-hydrogen) atoms. The number of hydrogen-bond donors (Lipinski definition) is 0. The zero-order valence-electron chi connectivity index (χ0n) is 38.2. The number of ether oxygens (including phenoxy) is 4. The number of fused-ring (bicyclic) bond motifs is 3. The molecule has 0 unspecified atom stereocenters. The van der Waals surface area contributed by atoms with Crippen LogP contribution in [0.25, 0.3) is 11.1 Å². The largest absolute Gasteiger partial charge is 0.490 e. The minimum atomic E-state index is -0.287. The topological polar surface area (TPSA) is 43.4 Å². The fourth-order valence-electron chi connectivity index (χ4n) is 7.89. The quantitative estimate of drug-likeness (QED) is 0.0488. The van der Waals surface area contributed by atoms with Crippen LogP contribution in [-0.4, -0.2) is 26.4 Å². The Morgan fingerprint density at radius 2 is 0.762 bits per heavy atom. The molecule has 0 heterocycles. The Morgan fingerprint density at radius 3 is 1.11 bits per heavy atom. The van der Waals surface area contributed by atoms with Crippen LogP contribution in [0.1, 0.15) is 61.1 Å². The second-order valence-electron chi connectivity index (χ2n) is 17.1. The lowest BCUT2D eigenvalue weighted by Gasteiger charge is -2.29. The molecule has 0 amide bonds. The van der Waals surface area contributed by atoms with Crippen molar-refractivity contribution in [3.8, 4) is 22.6 Å². The van der Waals surface area contributed by atoms with Crippen molar-refractivity contribution in [1.29, 1.82) is 0 Å². The summed E-state index contributed by atoms with van der Waals surface area (Å²) in [6.07, 6.45) is 0. The predicted molar refractivity (Wildman–Crippen MR) is 263 cm³/mol. The molecule has 1 aliphatic carbocycles. The van der Waals surface area contributed by atoms with Gasteiger partial charge in [-0.05, 0) is 194 Å². The van der Waals surface area contributed by atoms with Gasteiger partial charge in [0.05, 0.1) is 0 Å². The van der Waals surface area contributed by atoms with Crippen molar-refractivity contribution in [2.24, 2.45) is 0 Å². The molecule has 6 heteroatoms. The molecule has 6 aromatic rings. The summed E-state index contributed by atoms with van der Waals surface area (Å²) in [5.74, 6) is 2.71. The van der Waals surface area contributed by atoms with Crippen LogP contribution in [-0.2, 0) is 14.9 Å². The van der Waals surface area contributed by atoms with Crippen LogP contribution in [0, 0.1) is 27.7 Å². The molecule has 6 nitrogen and oxygen atoms in total. The molecule has 0 saturated heterocycles. The van der Waals surface area contributed by atoms with Crippen LogP contribution < -0.4 is 19.3 Å². The van der Waals surface area contributed by atoms with E-state index in [9.17, 15) is 0 Å². The number of aryl methyl sites for hydroxylation is 4. The Bertz CT molecular complexity index is 2500. The monoisotopic (exact) mass is 836 g/mol. The van der Waals surface area contributed by atoms with Crippen molar-refractivity contribution in [2.75, 3.05) is 36.2 Å². The van der Waals surface area contributed by atoms with Gasteiger partial charge in [0, 0.05) is 39.5 Å². The fraction of sp³-hybridized carbons (Fsp3) is 0.228. The lowest BCUT2D eigenvalue weighted by molar-refractivity contribution is 0.162. The van der Waals surface area contributed by atoms with Crippen molar-refractivity contribution >= 4 is 34.1 Å². The summed E-state index contributed by atoms with van der Waals surface area (Å²) in [6.45, 7) is 34.3. The molecule has 0 aliphatic heterocycles. The first-order chi connectivity index (χ1) is 30.1. The van der Waals surface area contributed by atoms with Gasteiger partial charge in [-0.3, -0.25) is 0 Å². The summed E-state index contributed by atoms with van der Waals surface area (Å²) >= 11 is 0. The molecule has 0 aromatic heterocycles. The fourth-order valence-corrected chi connectivity index (χ4v) is 7.89. The predicted octanol–water partition coefficient (Wildman–Crippen LogP) is 15.1. The van der Waals surface area contributed by atoms with Crippen LogP contribution in [0.2, 0.25) is 0 Å². The molecule has 1 aliphatic rings. The molecule has 7 rings (SSSR count). The molecular weight excluding hydrogens is 777 g/mol. The van der Waals surface area contributed by atoms with E-state index in [-0.39, 0.29) is 5.41 Å². The summed E-state index contributed by atoms with van der Waals surface area (Å²) in [7, 11) is 0. The number of rotatable bonds is 18. The van der Waals surface area contributed by atoms with Crippen LogP contribution in [0.5, 0.6) is 11.5 Å². The van der Waals surface area contributed by atoms with Crippen molar-refractivity contribution in [2.45, 2.75) is 60.8 Å². The van der Waals surface area contributed by atoms with Crippen molar-refractivity contribution in [3.05, 3.63) is 204 Å². The van der Waals surface area contributed by atoms with Gasteiger partial charge in [0.2, 0.25) is 0 Å². The van der Waals surface area contributed by atoms with Gasteiger partial charge >= 0.3 is 0 Å². The lowest BCUT2D eigenvalue weighted by Crippen LogP contribution is -2.18. The molecule has 322 valence electrons. The minimum absolute atomic E-state index is 0.287. The smallest absolute Gasteiger partial charge is 0.122 e. The highest BCUT2D eigenvalue weighted by Gasteiger charge is 2.37. The molecule has 0 radical (unpaired) electrons. The van der Waals surface area contributed by atoms with Crippen LogP contribution in [0.15, 0.2) is 170 Å². The zero-order chi connectivity index (χ0) is 45.0. The zero-order valence-corrected chi connectivity index (χ0v) is 38.2. The van der Waals surface area contributed by atoms with E-state index in [1.165, 1.54) is 44.5 Å². The van der Waals surface area contributed by atoms with E-state index >= 15 is 0 Å². The van der Waals surface area contributed by atoms with Gasteiger partial charge in [0.1, 0.15) is 49.4 Å². The molecule has 0 fully saturated rings. The van der Waals surface area contributed by atoms with Gasteiger partial charge in [0.15, 0.2) is 0 Å². The summed E-state index contributed by atoms with van der Waals surface area (Å²) in [6, 6.07) is 43.7. The van der Waals surface area contributed by atoms with E-state index < -0.39 is 0 Å². The first kappa shape index (κ1) is 44.1. The third-order valence-corrected chi connectivity index (χ3v) is 12.1. The Morgan fingerprint density at radius 1 is 0.429 bits per heavy atom. The Hall–Kier alpha value is -6.92. The Kier molecular flexibility index (Phi) is 13.0. The van der Waals surface area contributed by atoms with Gasteiger partial charge in [-0.2, -0.15) is 0 Å². The van der Waals surface area contributed by atoms with Gasteiger partial charge in [0.25, 0.3) is 0 Å². The molecule has 0 bridgehead atoms. The maximum Gasteiger partial charge on any atom is 0.122 e. The standard InChI is InChI=1S/C57H60N2O4/c1-37(2)43(9)60-29-31-62-51-23-17-45(18-24-51)58(47-15-13-39(5)41(7)33-47)49-21-27-53-54-28-22-50(36-56(54)57(11,12)55(53)35-49)59(48-16-14-40(6)42(8)34-48)46-19-25-52(26-20-46)63-32-30-61-44(10)38(3)4/h13-28,33-36H,1,3,9-10,29-32H2,2,4-8,11-12H3.